The van der Waals surface area contributed by atoms with Crippen LogP contribution in [-0.2, 0) is 10.0 Å². The maximum Gasteiger partial charge on any atom is 0.240 e. The van der Waals surface area contributed by atoms with E-state index in [1.807, 2.05) is 20.8 Å². The zero-order valence-corrected chi connectivity index (χ0v) is 12.2. The van der Waals surface area contributed by atoms with Gasteiger partial charge in [-0.25, -0.2) is 13.1 Å². The first-order chi connectivity index (χ1) is 8.90. The molecule has 0 saturated carbocycles. The van der Waals surface area contributed by atoms with Crippen LogP contribution in [0.15, 0.2) is 23.1 Å². The minimum absolute atomic E-state index is 0.127. The van der Waals surface area contributed by atoms with Crippen LogP contribution in [0.5, 0.6) is 11.5 Å². The fourth-order valence-corrected chi connectivity index (χ4v) is 3.05. The molecule has 0 aliphatic carbocycles. The smallest absolute Gasteiger partial charge is 0.240 e. The lowest BCUT2D eigenvalue weighted by Gasteiger charge is -2.20. The number of benzene rings is 1. The average molecular weight is 285 g/mol. The maximum absolute atomic E-state index is 12.2. The third-order valence-corrected chi connectivity index (χ3v) is 4.72. The van der Waals surface area contributed by atoms with Crippen molar-refractivity contribution in [3.05, 3.63) is 18.2 Å². The first-order valence-electron chi connectivity index (χ1n) is 6.32. The second-order valence-electron chi connectivity index (χ2n) is 4.96. The highest BCUT2D eigenvalue weighted by Gasteiger charge is 2.22. The third-order valence-electron chi connectivity index (χ3n) is 3.16. The molecule has 1 aromatic carbocycles. The van der Waals surface area contributed by atoms with Crippen LogP contribution >= 0.6 is 0 Å². The summed E-state index contributed by atoms with van der Waals surface area (Å²) in [6.45, 7) is 6.71. The van der Waals surface area contributed by atoms with Crippen LogP contribution in [0.4, 0.5) is 0 Å². The molecule has 1 aliphatic rings. The van der Waals surface area contributed by atoms with Crippen molar-refractivity contribution in [3.63, 3.8) is 0 Å². The Balaban J connectivity index is 2.26. The summed E-state index contributed by atoms with van der Waals surface area (Å²) < 4.78 is 37.9. The molecule has 1 heterocycles. The van der Waals surface area contributed by atoms with Crippen LogP contribution in [0.25, 0.3) is 0 Å². The van der Waals surface area contributed by atoms with Gasteiger partial charge >= 0.3 is 0 Å². The molecule has 0 saturated heterocycles. The van der Waals surface area contributed by atoms with E-state index >= 15 is 0 Å². The monoisotopic (exact) mass is 285 g/mol. The molecule has 106 valence electrons. The van der Waals surface area contributed by atoms with E-state index in [1.54, 1.807) is 6.07 Å². The summed E-state index contributed by atoms with van der Waals surface area (Å²) in [5.74, 6) is 1.29. The molecule has 0 aromatic heterocycles. The lowest BCUT2D eigenvalue weighted by atomic mass is 10.1. The van der Waals surface area contributed by atoms with Crippen molar-refractivity contribution in [1.29, 1.82) is 0 Å². The number of hydrogen-bond donors (Lipinski definition) is 1. The van der Waals surface area contributed by atoms with Gasteiger partial charge in [-0.05, 0) is 25.0 Å². The second kappa shape index (κ2) is 5.38. The van der Waals surface area contributed by atoms with E-state index in [1.165, 1.54) is 12.1 Å². The number of sulfonamides is 1. The van der Waals surface area contributed by atoms with Gasteiger partial charge < -0.3 is 9.47 Å². The Kier molecular flexibility index (Phi) is 4.01. The van der Waals surface area contributed by atoms with Crippen molar-refractivity contribution >= 4 is 10.0 Å². The summed E-state index contributed by atoms with van der Waals surface area (Å²) in [5.41, 5.74) is 0. The summed E-state index contributed by atoms with van der Waals surface area (Å²) in [6, 6.07) is 4.54. The van der Waals surface area contributed by atoms with Crippen molar-refractivity contribution in [2.45, 2.75) is 31.7 Å². The molecular weight excluding hydrogens is 266 g/mol. The van der Waals surface area contributed by atoms with E-state index in [0.717, 1.165) is 0 Å². The molecule has 0 fully saturated rings. The van der Waals surface area contributed by atoms with E-state index in [9.17, 15) is 8.42 Å². The molecule has 0 bridgehead atoms. The predicted octanol–water partition coefficient (Wildman–Crippen LogP) is 1.78. The fraction of sp³-hybridized carbons (Fsp3) is 0.538. The van der Waals surface area contributed by atoms with Crippen LogP contribution in [0.2, 0.25) is 0 Å². The Bertz CT molecular complexity index is 554. The van der Waals surface area contributed by atoms with Crippen LogP contribution in [0.3, 0.4) is 0 Å². The summed E-state index contributed by atoms with van der Waals surface area (Å²) in [7, 11) is -3.52. The number of rotatable bonds is 4. The molecular formula is C13H19NO4S. The molecule has 0 spiro atoms. The Morgan fingerprint density at radius 3 is 2.37 bits per heavy atom. The predicted molar refractivity (Wildman–Crippen MR) is 72.1 cm³/mol. The molecule has 1 atom stereocenters. The molecule has 1 aromatic rings. The highest BCUT2D eigenvalue weighted by atomic mass is 32.2. The zero-order chi connectivity index (χ0) is 14.0. The summed E-state index contributed by atoms with van der Waals surface area (Å²) in [4.78, 5) is 0.198. The van der Waals surface area contributed by atoms with Crippen molar-refractivity contribution in [1.82, 2.24) is 4.72 Å². The Morgan fingerprint density at radius 1 is 1.11 bits per heavy atom. The van der Waals surface area contributed by atoms with Crippen molar-refractivity contribution < 1.29 is 17.9 Å². The molecule has 0 unspecified atom stereocenters. The first-order valence-corrected chi connectivity index (χ1v) is 7.80. The van der Waals surface area contributed by atoms with E-state index < -0.39 is 10.0 Å². The minimum atomic E-state index is -3.52. The highest BCUT2D eigenvalue weighted by molar-refractivity contribution is 7.89. The lowest BCUT2D eigenvalue weighted by molar-refractivity contribution is 0.171. The fourth-order valence-electron chi connectivity index (χ4n) is 1.64. The van der Waals surface area contributed by atoms with Crippen LogP contribution in [-0.4, -0.2) is 27.7 Å². The first kappa shape index (κ1) is 14.1. The van der Waals surface area contributed by atoms with E-state index in [2.05, 4.69) is 4.72 Å². The topological polar surface area (TPSA) is 64.6 Å². The van der Waals surface area contributed by atoms with Crippen molar-refractivity contribution in [2.75, 3.05) is 13.2 Å². The van der Waals surface area contributed by atoms with Crippen LogP contribution in [0.1, 0.15) is 20.8 Å². The number of ether oxygens (including phenoxy) is 2. The molecule has 1 aliphatic heterocycles. The van der Waals surface area contributed by atoms with Gasteiger partial charge in [0.1, 0.15) is 13.2 Å². The van der Waals surface area contributed by atoms with Gasteiger partial charge in [0.25, 0.3) is 0 Å². The van der Waals surface area contributed by atoms with E-state index in [-0.39, 0.29) is 16.9 Å². The molecule has 6 heteroatoms. The van der Waals surface area contributed by atoms with Gasteiger partial charge in [0.15, 0.2) is 11.5 Å². The normalized spacial score (nSPS) is 16.4. The maximum atomic E-state index is 12.2. The number of nitrogens with one attached hydrogen (secondary N) is 1. The SMILES string of the molecule is CC(C)[C@H](C)NS(=O)(=O)c1ccc2c(c1)OCCO2. The molecule has 19 heavy (non-hydrogen) atoms. The largest absolute Gasteiger partial charge is 0.486 e. The second-order valence-corrected chi connectivity index (χ2v) is 6.67. The molecule has 5 nitrogen and oxygen atoms in total. The van der Waals surface area contributed by atoms with Gasteiger partial charge in [-0.3, -0.25) is 0 Å². The Hall–Kier alpha value is -1.27. The standard InChI is InChI=1S/C13H19NO4S/c1-9(2)10(3)14-19(15,16)11-4-5-12-13(8-11)18-7-6-17-12/h4-5,8-10,14H,6-7H2,1-3H3/t10-/m0/s1. The van der Waals surface area contributed by atoms with E-state index in [4.69, 9.17) is 9.47 Å². The summed E-state index contributed by atoms with van der Waals surface area (Å²) in [5, 5.41) is 0. The van der Waals surface area contributed by atoms with Crippen molar-refractivity contribution in [2.24, 2.45) is 5.92 Å². The van der Waals surface area contributed by atoms with Gasteiger partial charge in [0.2, 0.25) is 10.0 Å². The lowest BCUT2D eigenvalue weighted by Crippen LogP contribution is -2.36. The Morgan fingerprint density at radius 2 is 1.74 bits per heavy atom. The summed E-state index contributed by atoms with van der Waals surface area (Å²) >= 11 is 0. The number of hydrogen-bond acceptors (Lipinski definition) is 4. The van der Waals surface area contributed by atoms with Crippen LogP contribution in [0, 0.1) is 5.92 Å². The third kappa shape index (κ3) is 3.19. The highest BCUT2D eigenvalue weighted by Crippen LogP contribution is 2.32. The molecule has 0 radical (unpaired) electrons. The number of fused-ring (bicyclic) bond motifs is 1. The zero-order valence-electron chi connectivity index (χ0n) is 11.3. The van der Waals surface area contributed by atoms with Gasteiger partial charge in [0, 0.05) is 12.1 Å². The Labute approximate surface area is 114 Å². The van der Waals surface area contributed by atoms with Crippen molar-refractivity contribution in [3.8, 4) is 11.5 Å². The molecule has 0 amide bonds. The van der Waals surface area contributed by atoms with Gasteiger partial charge in [0.05, 0.1) is 4.90 Å². The summed E-state index contributed by atoms with van der Waals surface area (Å²) in [6.07, 6.45) is 0. The van der Waals surface area contributed by atoms with Crippen LogP contribution < -0.4 is 14.2 Å². The van der Waals surface area contributed by atoms with Gasteiger partial charge in [-0.1, -0.05) is 13.8 Å². The quantitative estimate of drug-likeness (QED) is 0.916. The van der Waals surface area contributed by atoms with E-state index in [0.29, 0.717) is 24.7 Å². The van der Waals surface area contributed by atoms with Gasteiger partial charge in [-0.15, -0.1) is 0 Å². The van der Waals surface area contributed by atoms with Gasteiger partial charge in [-0.2, -0.15) is 0 Å². The molecule has 1 N–H and O–H groups in total. The minimum Gasteiger partial charge on any atom is -0.486 e. The average Bonchev–Trinajstić information content (AvgIpc) is 2.37. The molecule has 2 rings (SSSR count).